The number of esters is 1. The number of fused-ring (bicyclic) bond motifs is 1. The Morgan fingerprint density at radius 2 is 2.00 bits per heavy atom. The minimum atomic E-state index is -0.765. The molecule has 1 aliphatic heterocycles. The van der Waals surface area contributed by atoms with Crippen LogP contribution in [-0.2, 0) is 30.4 Å². The van der Waals surface area contributed by atoms with Crippen molar-refractivity contribution in [1.29, 1.82) is 0 Å². The molecule has 1 aromatic carbocycles. The predicted molar refractivity (Wildman–Crippen MR) is 93.7 cm³/mol. The summed E-state index contributed by atoms with van der Waals surface area (Å²) >= 11 is 0. The van der Waals surface area contributed by atoms with E-state index in [9.17, 15) is 14.4 Å². The summed E-state index contributed by atoms with van der Waals surface area (Å²) < 4.78 is 10.7. The number of ketones is 1. The van der Waals surface area contributed by atoms with Gasteiger partial charge in [0, 0.05) is 44.8 Å². The fraction of sp³-hybridized carbons (Fsp3) is 0.450. The van der Waals surface area contributed by atoms with Gasteiger partial charge in [-0.1, -0.05) is 30.3 Å². The molecule has 0 unspecified atom stereocenters. The normalized spacial score (nSPS) is 25.4. The molecule has 0 bridgehead atoms. The highest BCUT2D eigenvalue weighted by atomic mass is 16.5. The molecule has 0 radical (unpaired) electrons. The van der Waals surface area contributed by atoms with Crippen molar-refractivity contribution in [2.24, 2.45) is 11.3 Å². The quantitative estimate of drug-likeness (QED) is 0.755. The van der Waals surface area contributed by atoms with E-state index in [0.717, 1.165) is 5.56 Å². The van der Waals surface area contributed by atoms with Crippen molar-refractivity contribution in [3.05, 3.63) is 47.7 Å². The van der Waals surface area contributed by atoms with Crippen LogP contribution in [0.4, 0.5) is 0 Å². The van der Waals surface area contributed by atoms with E-state index in [1.54, 1.807) is 4.90 Å². The van der Waals surface area contributed by atoms with E-state index in [1.165, 1.54) is 20.1 Å². The lowest BCUT2D eigenvalue weighted by atomic mass is 9.64. The second-order valence-electron chi connectivity index (χ2n) is 6.95. The number of hydrogen-bond donors (Lipinski definition) is 0. The lowest BCUT2D eigenvalue weighted by Gasteiger charge is -2.48. The molecule has 1 saturated heterocycles. The number of hydrogen-bond acceptors (Lipinski definition) is 5. The maximum absolute atomic E-state index is 12.9. The van der Waals surface area contributed by atoms with Gasteiger partial charge in [0.05, 0.1) is 12.5 Å². The number of piperidine rings is 1. The Balaban J connectivity index is 1.88. The summed E-state index contributed by atoms with van der Waals surface area (Å²) in [5, 5.41) is 0. The van der Waals surface area contributed by atoms with Gasteiger partial charge in [-0.3, -0.25) is 14.4 Å². The Bertz CT molecular complexity index is 742. The van der Waals surface area contributed by atoms with E-state index < -0.39 is 11.4 Å². The third kappa shape index (κ3) is 3.49. The molecule has 138 valence electrons. The Labute approximate surface area is 152 Å². The van der Waals surface area contributed by atoms with Crippen molar-refractivity contribution in [1.82, 2.24) is 4.90 Å². The standard InChI is InChI=1S/C20H23NO5/c1-14(22)26-13-20-10-19(24)21(11-15-6-4-3-5-7-15)12-16(20)8-17(23)9-18(20)25-2/h3-7,9,16H,8,10-13H2,1-2H3/t16-,20-/m0/s1. The van der Waals surface area contributed by atoms with Gasteiger partial charge in [0.25, 0.3) is 0 Å². The summed E-state index contributed by atoms with van der Waals surface area (Å²) in [6, 6.07) is 9.75. The second kappa shape index (κ2) is 7.32. The first-order valence-corrected chi connectivity index (χ1v) is 8.68. The molecule has 0 saturated carbocycles. The Morgan fingerprint density at radius 1 is 1.27 bits per heavy atom. The molecule has 0 aromatic heterocycles. The SMILES string of the molecule is COC1=CC(=O)C[C@H]2CN(Cc3ccccc3)C(=O)C[C@@]12COC(C)=O. The van der Waals surface area contributed by atoms with Gasteiger partial charge in [-0.15, -0.1) is 0 Å². The number of amides is 1. The van der Waals surface area contributed by atoms with E-state index in [2.05, 4.69) is 0 Å². The maximum Gasteiger partial charge on any atom is 0.302 e. The molecule has 2 aliphatic rings. The number of benzene rings is 1. The van der Waals surface area contributed by atoms with Crippen molar-refractivity contribution in [2.75, 3.05) is 20.3 Å². The van der Waals surface area contributed by atoms with Gasteiger partial charge in [-0.25, -0.2) is 0 Å². The average Bonchev–Trinajstić information content (AvgIpc) is 2.61. The number of nitrogens with zero attached hydrogens (tertiary/aromatic N) is 1. The van der Waals surface area contributed by atoms with Crippen molar-refractivity contribution in [3.8, 4) is 0 Å². The zero-order valence-electron chi connectivity index (χ0n) is 15.1. The summed E-state index contributed by atoms with van der Waals surface area (Å²) in [5.74, 6) is -0.179. The van der Waals surface area contributed by atoms with Gasteiger partial charge in [-0.2, -0.15) is 0 Å². The van der Waals surface area contributed by atoms with Crippen molar-refractivity contribution >= 4 is 17.7 Å². The van der Waals surface area contributed by atoms with E-state index >= 15 is 0 Å². The molecule has 1 aliphatic carbocycles. The van der Waals surface area contributed by atoms with Gasteiger partial charge >= 0.3 is 5.97 Å². The lowest BCUT2D eigenvalue weighted by Crippen LogP contribution is -2.55. The molecule has 0 spiro atoms. The summed E-state index contributed by atoms with van der Waals surface area (Å²) in [4.78, 5) is 38.1. The van der Waals surface area contributed by atoms with Gasteiger partial charge in [-0.05, 0) is 5.56 Å². The Morgan fingerprint density at radius 3 is 2.65 bits per heavy atom. The topological polar surface area (TPSA) is 72.9 Å². The first-order valence-electron chi connectivity index (χ1n) is 8.68. The van der Waals surface area contributed by atoms with Crippen LogP contribution in [0, 0.1) is 11.3 Å². The van der Waals surface area contributed by atoms with Crippen LogP contribution in [0.25, 0.3) is 0 Å². The van der Waals surface area contributed by atoms with Crippen molar-refractivity contribution in [3.63, 3.8) is 0 Å². The monoisotopic (exact) mass is 357 g/mol. The summed E-state index contributed by atoms with van der Waals surface area (Å²) in [6.07, 6.45) is 1.91. The van der Waals surface area contributed by atoms with Gasteiger partial charge in [0.2, 0.25) is 5.91 Å². The Hall–Kier alpha value is -2.63. The van der Waals surface area contributed by atoms with Crippen LogP contribution < -0.4 is 0 Å². The number of carbonyl (C=O) groups excluding carboxylic acids is 3. The zero-order chi connectivity index (χ0) is 18.7. The number of allylic oxidation sites excluding steroid dienone is 1. The van der Waals surface area contributed by atoms with E-state index in [1.807, 2.05) is 30.3 Å². The highest BCUT2D eigenvalue weighted by molar-refractivity contribution is 5.92. The van der Waals surface area contributed by atoms with E-state index in [-0.39, 0.29) is 30.6 Å². The summed E-state index contributed by atoms with van der Waals surface area (Å²) in [5.41, 5.74) is 0.275. The molecular formula is C20H23NO5. The van der Waals surface area contributed by atoms with Crippen LogP contribution in [-0.4, -0.2) is 42.8 Å². The number of methoxy groups -OCH3 is 1. The summed E-state index contributed by atoms with van der Waals surface area (Å²) in [6.45, 7) is 2.31. The number of likely N-dealkylation sites (tertiary alicyclic amines) is 1. The zero-order valence-corrected chi connectivity index (χ0v) is 15.1. The molecule has 0 N–H and O–H groups in total. The predicted octanol–water partition coefficient (Wildman–Crippen LogP) is 2.09. The smallest absolute Gasteiger partial charge is 0.302 e. The molecule has 3 rings (SSSR count). The fourth-order valence-electron chi connectivity index (χ4n) is 3.90. The van der Waals surface area contributed by atoms with Crippen LogP contribution in [0.15, 0.2) is 42.2 Å². The summed E-state index contributed by atoms with van der Waals surface area (Å²) in [7, 11) is 1.48. The van der Waals surface area contributed by atoms with Crippen molar-refractivity contribution in [2.45, 2.75) is 26.3 Å². The van der Waals surface area contributed by atoms with Crippen LogP contribution in [0.3, 0.4) is 0 Å². The molecule has 2 atom stereocenters. The van der Waals surface area contributed by atoms with E-state index in [4.69, 9.17) is 9.47 Å². The molecule has 26 heavy (non-hydrogen) atoms. The number of rotatable bonds is 5. The van der Waals surface area contributed by atoms with Crippen LogP contribution in [0.1, 0.15) is 25.3 Å². The fourth-order valence-corrected chi connectivity index (χ4v) is 3.90. The second-order valence-corrected chi connectivity index (χ2v) is 6.95. The molecule has 1 fully saturated rings. The molecular weight excluding hydrogens is 334 g/mol. The van der Waals surface area contributed by atoms with Gasteiger partial charge in [0.15, 0.2) is 5.78 Å². The van der Waals surface area contributed by atoms with Gasteiger partial charge < -0.3 is 14.4 Å². The molecule has 1 aromatic rings. The van der Waals surface area contributed by atoms with Crippen molar-refractivity contribution < 1.29 is 23.9 Å². The van der Waals surface area contributed by atoms with Crippen LogP contribution in [0.2, 0.25) is 0 Å². The number of ether oxygens (including phenoxy) is 2. The minimum absolute atomic E-state index is 0.0284. The van der Waals surface area contributed by atoms with Crippen LogP contribution >= 0.6 is 0 Å². The molecule has 6 heteroatoms. The largest absolute Gasteiger partial charge is 0.500 e. The highest BCUT2D eigenvalue weighted by Crippen LogP contribution is 2.48. The first kappa shape index (κ1) is 18.2. The van der Waals surface area contributed by atoms with Crippen LogP contribution in [0.5, 0.6) is 0 Å². The third-order valence-electron chi connectivity index (χ3n) is 5.24. The molecule has 6 nitrogen and oxygen atoms in total. The highest BCUT2D eigenvalue weighted by Gasteiger charge is 2.53. The Kier molecular flexibility index (Phi) is 5.11. The molecule has 1 amide bonds. The lowest BCUT2D eigenvalue weighted by molar-refractivity contribution is -0.157. The minimum Gasteiger partial charge on any atom is -0.500 e. The van der Waals surface area contributed by atoms with Gasteiger partial charge in [0.1, 0.15) is 12.4 Å². The third-order valence-corrected chi connectivity index (χ3v) is 5.24. The first-order chi connectivity index (χ1) is 12.4. The maximum atomic E-state index is 12.9. The number of carbonyl (C=O) groups is 3. The van der Waals surface area contributed by atoms with E-state index in [0.29, 0.717) is 25.3 Å². The average molecular weight is 357 g/mol. The molecule has 1 heterocycles.